The Balaban J connectivity index is 1.75. The number of fused-ring (bicyclic) bond motifs is 5. The van der Waals surface area contributed by atoms with Crippen LogP contribution in [0.3, 0.4) is 0 Å². The Morgan fingerprint density at radius 3 is 2.90 bits per heavy atom. The van der Waals surface area contributed by atoms with Gasteiger partial charge in [0.1, 0.15) is 5.75 Å². The minimum atomic E-state index is -0.0906. The molecule has 1 aromatic carbocycles. The van der Waals surface area contributed by atoms with Gasteiger partial charge in [-0.2, -0.15) is 0 Å². The lowest BCUT2D eigenvalue weighted by molar-refractivity contribution is 0.0313. The number of phenolic OH excluding ortho intramolecular Hbond substituents is 1. The Morgan fingerprint density at radius 2 is 2.10 bits per heavy atom. The molecule has 2 fully saturated rings. The van der Waals surface area contributed by atoms with Crippen LogP contribution < -0.4 is 0 Å². The molecule has 0 heterocycles. The molecule has 3 aliphatic rings. The fourth-order valence-electron chi connectivity index (χ4n) is 5.99. The van der Waals surface area contributed by atoms with Gasteiger partial charge < -0.3 is 10.2 Å². The summed E-state index contributed by atoms with van der Waals surface area (Å²) >= 11 is 0. The molecule has 2 N–H and O–H groups in total. The van der Waals surface area contributed by atoms with E-state index in [9.17, 15) is 10.2 Å². The van der Waals surface area contributed by atoms with E-state index in [0.717, 1.165) is 19.3 Å². The first-order valence-corrected chi connectivity index (χ1v) is 8.48. The summed E-state index contributed by atoms with van der Waals surface area (Å²) in [6.45, 7) is 4.78. The fraction of sp³-hybridized carbons (Fsp3) is 0.684. The van der Waals surface area contributed by atoms with Crippen molar-refractivity contribution in [2.45, 2.75) is 58.0 Å². The minimum absolute atomic E-state index is 0.0906. The van der Waals surface area contributed by atoms with Gasteiger partial charge in [-0.1, -0.05) is 19.9 Å². The zero-order valence-electron chi connectivity index (χ0n) is 13.0. The van der Waals surface area contributed by atoms with Gasteiger partial charge in [0.25, 0.3) is 0 Å². The van der Waals surface area contributed by atoms with Crippen molar-refractivity contribution in [3.63, 3.8) is 0 Å². The topological polar surface area (TPSA) is 40.5 Å². The molecule has 3 aliphatic carbocycles. The number of benzene rings is 1. The maximum Gasteiger partial charge on any atom is 0.115 e. The van der Waals surface area contributed by atoms with Crippen molar-refractivity contribution in [3.8, 4) is 5.75 Å². The summed E-state index contributed by atoms with van der Waals surface area (Å²) in [5, 5.41) is 20.0. The summed E-state index contributed by atoms with van der Waals surface area (Å²) in [4.78, 5) is 0. The van der Waals surface area contributed by atoms with E-state index in [1.165, 1.54) is 24.0 Å². The number of aliphatic hydroxyl groups is 1. The van der Waals surface area contributed by atoms with Crippen molar-refractivity contribution in [1.82, 2.24) is 0 Å². The highest BCUT2D eigenvalue weighted by atomic mass is 16.3. The van der Waals surface area contributed by atoms with Crippen molar-refractivity contribution in [2.75, 3.05) is 0 Å². The van der Waals surface area contributed by atoms with Crippen LogP contribution in [0.2, 0.25) is 0 Å². The highest BCUT2D eigenvalue weighted by Crippen LogP contribution is 2.62. The van der Waals surface area contributed by atoms with E-state index in [4.69, 9.17) is 0 Å². The molecule has 0 saturated heterocycles. The molecule has 0 aliphatic heterocycles. The summed E-state index contributed by atoms with van der Waals surface area (Å²) in [6, 6.07) is 5.98. The van der Waals surface area contributed by atoms with Crippen LogP contribution in [0, 0.1) is 23.2 Å². The van der Waals surface area contributed by atoms with Crippen LogP contribution in [0.1, 0.15) is 56.6 Å². The summed E-state index contributed by atoms with van der Waals surface area (Å²) in [6.07, 6.45) is 5.46. The monoisotopic (exact) mass is 286 g/mol. The van der Waals surface area contributed by atoms with E-state index >= 15 is 0 Å². The van der Waals surface area contributed by atoms with E-state index < -0.39 is 0 Å². The largest absolute Gasteiger partial charge is 0.508 e. The van der Waals surface area contributed by atoms with Crippen LogP contribution in [0.4, 0.5) is 0 Å². The molecule has 2 heteroatoms. The lowest BCUT2D eigenvalue weighted by Crippen LogP contribution is -2.43. The standard InChI is InChI=1S/C19H26O2/c1-11-7-12-8-13(20)3-4-15(12)16-5-6-19(2)10-14(21)9-17(19)18(11)16/h3-4,8,11,14,16-18,20-21H,5-7,9-10H2,1-2H3/t11?,14-,16?,17?,18?,19-/m1/s1. The molecular formula is C19H26O2. The Labute approximate surface area is 127 Å². The molecule has 2 saturated carbocycles. The smallest absolute Gasteiger partial charge is 0.115 e. The number of phenols is 1. The van der Waals surface area contributed by atoms with E-state index in [1.54, 1.807) is 0 Å². The third-order valence-corrected chi connectivity index (χ3v) is 6.80. The molecule has 4 rings (SSSR count). The Hall–Kier alpha value is -1.02. The van der Waals surface area contributed by atoms with Crippen LogP contribution in [0.15, 0.2) is 18.2 Å². The maximum atomic E-state index is 10.2. The molecule has 0 spiro atoms. The van der Waals surface area contributed by atoms with Crippen molar-refractivity contribution in [2.24, 2.45) is 23.2 Å². The number of rotatable bonds is 0. The first-order chi connectivity index (χ1) is 9.98. The number of hydrogen-bond donors (Lipinski definition) is 2. The second-order valence-corrected chi connectivity index (χ2v) is 8.14. The van der Waals surface area contributed by atoms with Gasteiger partial charge in [-0.25, -0.2) is 0 Å². The van der Waals surface area contributed by atoms with Crippen molar-refractivity contribution < 1.29 is 10.2 Å². The second kappa shape index (κ2) is 4.49. The Bertz CT molecular complexity index is 567. The van der Waals surface area contributed by atoms with Crippen LogP contribution in [-0.4, -0.2) is 16.3 Å². The maximum absolute atomic E-state index is 10.2. The number of hydrogen-bond acceptors (Lipinski definition) is 2. The molecule has 21 heavy (non-hydrogen) atoms. The van der Waals surface area contributed by atoms with Crippen molar-refractivity contribution >= 4 is 0 Å². The van der Waals surface area contributed by atoms with Gasteiger partial charge in [0.15, 0.2) is 0 Å². The average molecular weight is 286 g/mol. The zero-order valence-corrected chi connectivity index (χ0v) is 13.0. The van der Waals surface area contributed by atoms with E-state index in [2.05, 4.69) is 19.9 Å². The first kappa shape index (κ1) is 13.6. The number of aliphatic hydroxyl groups excluding tert-OH is 1. The van der Waals surface area contributed by atoms with Gasteiger partial charge >= 0.3 is 0 Å². The molecule has 2 nitrogen and oxygen atoms in total. The van der Waals surface area contributed by atoms with Gasteiger partial charge in [-0.3, -0.25) is 0 Å². The Kier molecular flexibility index (Phi) is 2.91. The summed E-state index contributed by atoms with van der Waals surface area (Å²) < 4.78 is 0. The molecule has 0 radical (unpaired) electrons. The van der Waals surface area contributed by atoms with Crippen LogP contribution >= 0.6 is 0 Å². The molecule has 0 bridgehead atoms. The van der Waals surface area contributed by atoms with Gasteiger partial charge in [0.05, 0.1) is 6.10 Å². The molecule has 4 unspecified atom stereocenters. The van der Waals surface area contributed by atoms with Crippen LogP contribution in [0.5, 0.6) is 5.75 Å². The van der Waals surface area contributed by atoms with Crippen molar-refractivity contribution in [3.05, 3.63) is 29.3 Å². The SMILES string of the molecule is CC1Cc2cc(O)ccc2C2CC[C@]3(C)C[C@H](O)CC3C12. The third-order valence-electron chi connectivity index (χ3n) is 6.80. The highest BCUT2D eigenvalue weighted by Gasteiger charge is 2.54. The first-order valence-electron chi connectivity index (χ1n) is 8.48. The van der Waals surface area contributed by atoms with Gasteiger partial charge in [-0.15, -0.1) is 0 Å². The van der Waals surface area contributed by atoms with Gasteiger partial charge in [0, 0.05) is 0 Å². The fourth-order valence-corrected chi connectivity index (χ4v) is 5.99. The van der Waals surface area contributed by atoms with E-state index in [1.807, 2.05) is 12.1 Å². The normalized spacial score (nSPS) is 44.8. The molecule has 0 amide bonds. The van der Waals surface area contributed by atoms with Gasteiger partial charge in [-0.05, 0) is 84.5 Å². The lowest BCUT2D eigenvalue weighted by atomic mass is 9.53. The molecular weight excluding hydrogens is 260 g/mol. The quantitative estimate of drug-likeness (QED) is 0.760. The second-order valence-electron chi connectivity index (χ2n) is 8.14. The highest BCUT2D eigenvalue weighted by molar-refractivity contribution is 5.40. The average Bonchev–Trinajstić information content (AvgIpc) is 2.72. The third kappa shape index (κ3) is 1.95. The summed E-state index contributed by atoms with van der Waals surface area (Å²) in [7, 11) is 0. The minimum Gasteiger partial charge on any atom is -0.508 e. The van der Waals surface area contributed by atoms with Crippen LogP contribution in [-0.2, 0) is 6.42 Å². The number of aromatic hydroxyl groups is 1. The van der Waals surface area contributed by atoms with Crippen molar-refractivity contribution in [1.29, 1.82) is 0 Å². The molecule has 0 aromatic heterocycles. The van der Waals surface area contributed by atoms with E-state index in [0.29, 0.717) is 34.8 Å². The Morgan fingerprint density at radius 1 is 1.29 bits per heavy atom. The predicted molar refractivity (Wildman–Crippen MR) is 83.3 cm³/mol. The van der Waals surface area contributed by atoms with Gasteiger partial charge in [0.2, 0.25) is 0 Å². The molecule has 1 aromatic rings. The summed E-state index contributed by atoms with van der Waals surface area (Å²) in [5.74, 6) is 3.06. The zero-order chi connectivity index (χ0) is 14.8. The van der Waals surface area contributed by atoms with E-state index in [-0.39, 0.29) is 6.10 Å². The lowest BCUT2D eigenvalue weighted by Gasteiger charge is -2.51. The van der Waals surface area contributed by atoms with Crippen LogP contribution in [0.25, 0.3) is 0 Å². The molecule has 114 valence electrons. The summed E-state index contributed by atoms with van der Waals surface area (Å²) in [5.41, 5.74) is 3.17. The predicted octanol–water partition coefficient (Wildman–Crippen LogP) is 3.86. The molecule has 6 atom stereocenters.